The van der Waals surface area contributed by atoms with E-state index in [1.807, 2.05) is 0 Å². The van der Waals surface area contributed by atoms with Crippen LogP contribution in [0.5, 0.6) is 0 Å². The predicted octanol–water partition coefficient (Wildman–Crippen LogP) is 1.41. The van der Waals surface area contributed by atoms with Gasteiger partial charge in [0.25, 0.3) is 6.43 Å². The largest absolute Gasteiger partial charge is 0.464 e. The maximum Gasteiger partial charge on any atom is 0.354 e. The Labute approximate surface area is 83.9 Å². The van der Waals surface area contributed by atoms with Crippen LogP contribution in [0.1, 0.15) is 28.0 Å². The Hall–Kier alpha value is -1.72. The molecule has 1 aromatic heterocycles. The van der Waals surface area contributed by atoms with Crippen molar-refractivity contribution in [3.63, 3.8) is 0 Å². The second-order valence-corrected chi connectivity index (χ2v) is 2.88. The molecule has 0 aliphatic heterocycles. The summed E-state index contributed by atoms with van der Waals surface area (Å²) in [5.74, 6) is -0.841. The van der Waals surface area contributed by atoms with Crippen LogP contribution in [0, 0.1) is 6.92 Å². The number of ether oxygens (including phenoxy) is 1. The third-order valence-electron chi connectivity index (χ3n) is 1.97. The Morgan fingerprint density at radius 1 is 1.53 bits per heavy atom. The van der Waals surface area contributed by atoms with E-state index in [2.05, 4.69) is 9.72 Å². The van der Waals surface area contributed by atoms with Crippen molar-refractivity contribution in [1.82, 2.24) is 4.98 Å². The molecule has 0 aliphatic rings. The number of halogens is 2. The molecule has 0 atom stereocenters. The molecular weight excluding hydrogens is 208 g/mol. The number of hydrogen-bond donors (Lipinski definition) is 1. The lowest BCUT2D eigenvalue weighted by Gasteiger charge is -2.08. The van der Waals surface area contributed by atoms with Crippen LogP contribution in [0.15, 0.2) is 10.9 Å². The number of aromatic nitrogens is 1. The summed E-state index contributed by atoms with van der Waals surface area (Å²) in [6.07, 6.45) is -2.80. The number of methoxy groups -OCH3 is 1. The highest BCUT2D eigenvalue weighted by Gasteiger charge is 2.19. The maximum atomic E-state index is 12.5. The van der Waals surface area contributed by atoms with E-state index in [1.54, 1.807) is 0 Å². The van der Waals surface area contributed by atoms with Crippen molar-refractivity contribution in [3.8, 4) is 0 Å². The third-order valence-corrected chi connectivity index (χ3v) is 1.97. The van der Waals surface area contributed by atoms with Gasteiger partial charge in [-0.25, -0.2) is 13.6 Å². The minimum atomic E-state index is -2.80. The summed E-state index contributed by atoms with van der Waals surface area (Å²) in [4.78, 5) is 24.3. The van der Waals surface area contributed by atoms with Gasteiger partial charge in [-0.3, -0.25) is 4.79 Å². The van der Waals surface area contributed by atoms with Gasteiger partial charge in [-0.05, 0) is 12.5 Å². The Morgan fingerprint density at radius 2 is 2.13 bits per heavy atom. The summed E-state index contributed by atoms with van der Waals surface area (Å²) < 4.78 is 29.3. The molecule has 0 unspecified atom stereocenters. The van der Waals surface area contributed by atoms with Gasteiger partial charge < -0.3 is 9.72 Å². The summed E-state index contributed by atoms with van der Waals surface area (Å²) in [7, 11) is 1.11. The average molecular weight is 217 g/mol. The molecule has 1 aromatic rings. The maximum absolute atomic E-state index is 12.5. The van der Waals surface area contributed by atoms with Crippen LogP contribution in [0.3, 0.4) is 0 Å². The van der Waals surface area contributed by atoms with Gasteiger partial charge in [0, 0.05) is 11.6 Å². The first-order valence-electron chi connectivity index (χ1n) is 4.07. The average Bonchev–Trinajstić information content (AvgIpc) is 2.19. The molecule has 15 heavy (non-hydrogen) atoms. The number of carbonyl (C=O) groups is 1. The van der Waals surface area contributed by atoms with E-state index in [0.717, 1.165) is 13.2 Å². The second kappa shape index (κ2) is 4.20. The van der Waals surface area contributed by atoms with E-state index in [4.69, 9.17) is 0 Å². The van der Waals surface area contributed by atoms with Crippen molar-refractivity contribution in [2.24, 2.45) is 0 Å². The molecule has 6 heteroatoms. The zero-order valence-electron chi connectivity index (χ0n) is 8.14. The lowest BCUT2D eigenvalue weighted by atomic mass is 10.1. The normalized spacial score (nSPS) is 10.5. The fourth-order valence-corrected chi connectivity index (χ4v) is 1.18. The number of alkyl halides is 2. The summed E-state index contributed by atoms with van der Waals surface area (Å²) >= 11 is 0. The van der Waals surface area contributed by atoms with E-state index in [0.29, 0.717) is 0 Å². The van der Waals surface area contributed by atoms with Crippen molar-refractivity contribution in [2.75, 3.05) is 7.11 Å². The molecule has 0 bridgehead atoms. The van der Waals surface area contributed by atoms with Crippen molar-refractivity contribution in [2.45, 2.75) is 13.3 Å². The number of H-pyrrole nitrogens is 1. The molecule has 0 radical (unpaired) electrons. The zero-order chi connectivity index (χ0) is 11.6. The first-order valence-corrected chi connectivity index (χ1v) is 4.07. The van der Waals surface area contributed by atoms with Gasteiger partial charge in [0.15, 0.2) is 0 Å². The third kappa shape index (κ3) is 2.20. The minimum Gasteiger partial charge on any atom is -0.464 e. The van der Waals surface area contributed by atoms with Gasteiger partial charge in [-0.15, -0.1) is 0 Å². The summed E-state index contributed by atoms with van der Waals surface area (Å²) in [5.41, 5.74) is -1.42. The molecule has 0 aromatic carbocycles. The lowest BCUT2D eigenvalue weighted by Crippen LogP contribution is -2.17. The summed E-state index contributed by atoms with van der Waals surface area (Å²) in [5, 5.41) is 0. The fourth-order valence-electron chi connectivity index (χ4n) is 1.18. The monoisotopic (exact) mass is 217 g/mol. The summed E-state index contributed by atoms with van der Waals surface area (Å²) in [6.45, 7) is 1.32. The zero-order valence-corrected chi connectivity index (χ0v) is 8.14. The number of carbonyl (C=O) groups excluding carboxylic acids is 1. The molecular formula is C9H9F2NO3. The first kappa shape index (κ1) is 11.4. The molecule has 0 fully saturated rings. The highest BCUT2D eigenvalue weighted by molar-refractivity contribution is 5.89. The van der Waals surface area contributed by atoms with Crippen molar-refractivity contribution >= 4 is 5.97 Å². The quantitative estimate of drug-likeness (QED) is 0.762. The van der Waals surface area contributed by atoms with Crippen LogP contribution in [-0.4, -0.2) is 18.1 Å². The van der Waals surface area contributed by atoms with Crippen LogP contribution >= 0.6 is 0 Å². The highest BCUT2D eigenvalue weighted by Crippen LogP contribution is 2.22. The minimum absolute atomic E-state index is 0.0245. The standard InChI is InChI=1S/C9H9F2NO3/c1-4-5(8(10)11)3-6(13)12-7(4)9(14)15-2/h3,8H,1-2H3,(H,12,13). The Bertz CT molecular complexity index is 439. The van der Waals surface area contributed by atoms with Gasteiger partial charge in [0.05, 0.1) is 7.11 Å². The van der Waals surface area contributed by atoms with Crippen molar-refractivity contribution < 1.29 is 18.3 Å². The van der Waals surface area contributed by atoms with Gasteiger partial charge >= 0.3 is 5.97 Å². The van der Waals surface area contributed by atoms with Crippen LogP contribution in [0.2, 0.25) is 0 Å². The molecule has 0 saturated heterocycles. The van der Waals surface area contributed by atoms with Gasteiger partial charge in [0.1, 0.15) is 5.69 Å². The molecule has 4 nitrogen and oxygen atoms in total. The summed E-state index contributed by atoms with van der Waals surface area (Å²) in [6, 6.07) is 0.770. The van der Waals surface area contributed by atoms with Gasteiger partial charge in [-0.2, -0.15) is 0 Å². The van der Waals surface area contributed by atoms with E-state index in [9.17, 15) is 18.4 Å². The van der Waals surface area contributed by atoms with E-state index in [-0.39, 0.29) is 11.3 Å². The Kier molecular flexibility index (Phi) is 3.18. The highest BCUT2D eigenvalue weighted by atomic mass is 19.3. The number of pyridine rings is 1. The number of aromatic amines is 1. The molecule has 1 N–H and O–H groups in total. The van der Waals surface area contributed by atoms with Crippen molar-refractivity contribution in [3.05, 3.63) is 33.2 Å². The molecule has 0 amide bonds. The van der Waals surface area contributed by atoms with Gasteiger partial charge in [-0.1, -0.05) is 0 Å². The van der Waals surface area contributed by atoms with Gasteiger partial charge in [0.2, 0.25) is 5.56 Å². The molecule has 1 heterocycles. The van der Waals surface area contributed by atoms with Crippen LogP contribution in [-0.2, 0) is 4.74 Å². The Balaban J connectivity index is 3.41. The molecule has 82 valence electrons. The van der Waals surface area contributed by atoms with Crippen LogP contribution in [0.25, 0.3) is 0 Å². The van der Waals surface area contributed by atoms with E-state index < -0.39 is 23.5 Å². The topological polar surface area (TPSA) is 59.2 Å². The first-order chi connectivity index (χ1) is 6.97. The van der Waals surface area contributed by atoms with E-state index in [1.165, 1.54) is 6.92 Å². The number of rotatable bonds is 2. The number of hydrogen-bond acceptors (Lipinski definition) is 3. The number of esters is 1. The number of nitrogens with one attached hydrogen (secondary N) is 1. The smallest absolute Gasteiger partial charge is 0.354 e. The molecule has 0 aliphatic carbocycles. The van der Waals surface area contributed by atoms with Crippen molar-refractivity contribution in [1.29, 1.82) is 0 Å². The van der Waals surface area contributed by atoms with Crippen LogP contribution < -0.4 is 5.56 Å². The van der Waals surface area contributed by atoms with Crippen LogP contribution in [0.4, 0.5) is 8.78 Å². The Morgan fingerprint density at radius 3 is 2.60 bits per heavy atom. The van der Waals surface area contributed by atoms with E-state index >= 15 is 0 Å². The second-order valence-electron chi connectivity index (χ2n) is 2.88. The lowest BCUT2D eigenvalue weighted by molar-refractivity contribution is 0.0592. The fraction of sp³-hybridized carbons (Fsp3) is 0.333. The SMILES string of the molecule is COC(=O)c1[nH]c(=O)cc(C(F)F)c1C. The molecule has 1 rings (SSSR count). The molecule has 0 saturated carbocycles. The molecule has 0 spiro atoms. The predicted molar refractivity (Wildman–Crippen MR) is 48.1 cm³/mol.